The Labute approximate surface area is 176 Å². The maximum atomic E-state index is 12.6. The summed E-state index contributed by atoms with van der Waals surface area (Å²) in [5.74, 6) is 0.693. The molecule has 1 N–H and O–H groups in total. The van der Waals surface area contributed by atoms with Gasteiger partial charge >= 0.3 is 0 Å². The Morgan fingerprint density at radius 3 is 2.33 bits per heavy atom. The van der Waals surface area contributed by atoms with E-state index in [0.717, 1.165) is 40.2 Å². The van der Waals surface area contributed by atoms with Crippen molar-refractivity contribution in [1.29, 1.82) is 0 Å². The smallest absolute Gasteiger partial charge is 0.271 e. The first kappa shape index (κ1) is 19.6. The molecule has 0 unspecified atom stereocenters. The molecular formula is C25H24N4O. The maximum Gasteiger partial charge on any atom is 0.271 e. The van der Waals surface area contributed by atoms with E-state index in [9.17, 15) is 4.79 Å². The number of amides is 1. The monoisotopic (exact) mass is 396 g/mol. The minimum Gasteiger partial charge on any atom is -0.329 e. The van der Waals surface area contributed by atoms with Crippen LogP contribution in [0.25, 0.3) is 22.2 Å². The molecule has 0 aliphatic heterocycles. The number of rotatable bonds is 5. The van der Waals surface area contributed by atoms with Crippen molar-refractivity contribution in [3.63, 3.8) is 0 Å². The highest BCUT2D eigenvalue weighted by atomic mass is 16.2. The van der Waals surface area contributed by atoms with E-state index >= 15 is 0 Å². The van der Waals surface area contributed by atoms with Crippen LogP contribution in [0.4, 0.5) is 0 Å². The number of aromatic nitrogens is 2. The van der Waals surface area contributed by atoms with Gasteiger partial charge in [0.25, 0.3) is 5.91 Å². The lowest BCUT2D eigenvalue weighted by Gasteiger charge is -2.06. The van der Waals surface area contributed by atoms with Crippen molar-refractivity contribution in [2.45, 2.75) is 27.3 Å². The number of imidazole rings is 1. The Kier molecular flexibility index (Phi) is 5.44. The lowest BCUT2D eigenvalue weighted by Crippen LogP contribution is -2.19. The van der Waals surface area contributed by atoms with E-state index in [-0.39, 0.29) is 5.91 Å². The van der Waals surface area contributed by atoms with Gasteiger partial charge < -0.3 is 4.57 Å². The Bertz CT molecular complexity index is 1220. The molecule has 4 rings (SSSR count). The van der Waals surface area contributed by atoms with E-state index in [1.54, 1.807) is 0 Å². The summed E-state index contributed by atoms with van der Waals surface area (Å²) in [6.45, 7) is 6.78. The first-order valence-corrected chi connectivity index (χ1v) is 10.0. The van der Waals surface area contributed by atoms with E-state index in [2.05, 4.69) is 51.3 Å². The van der Waals surface area contributed by atoms with Crippen molar-refractivity contribution in [1.82, 2.24) is 15.0 Å². The molecule has 1 aromatic heterocycles. The van der Waals surface area contributed by atoms with Crippen LogP contribution in [-0.2, 0) is 6.54 Å². The average molecular weight is 396 g/mol. The maximum absolute atomic E-state index is 12.6. The number of benzene rings is 3. The predicted octanol–water partition coefficient (Wildman–Crippen LogP) is 5.19. The van der Waals surface area contributed by atoms with Gasteiger partial charge in [0.2, 0.25) is 0 Å². The summed E-state index contributed by atoms with van der Waals surface area (Å²) in [5, 5.41) is 4.28. The van der Waals surface area contributed by atoms with Gasteiger partial charge in [-0.15, -0.1) is 0 Å². The molecule has 0 radical (unpaired) electrons. The number of nitrogens with zero attached hydrogens (tertiary/aromatic N) is 3. The minimum atomic E-state index is -0.249. The van der Waals surface area contributed by atoms with Gasteiger partial charge in [0.05, 0.1) is 16.7 Å². The van der Waals surface area contributed by atoms with Gasteiger partial charge in [0.15, 0.2) is 0 Å². The molecule has 0 bridgehead atoms. The van der Waals surface area contributed by atoms with E-state index in [0.29, 0.717) is 5.56 Å². The van der Waals surface area contributed by atoms with Crippen molar-refractivity contribution in [3.05, 3.63) is 89.7 Å². The molecule has 5 nitrogen and oxygen atoms in total. The highest BCUT2D eigenvalue weighted by Gasteiger charge is 2.11. The number of carbonyl (C=O) groups is 1. The van der Waals surface area contributed by atoms with Crippen LogP contribution < -0.4 is 5.43 Å². The van der Waals surface area contributed by atoms with E-state index in [1.807, 2.05) is 62.4 Å². The third-order valence-electron chi connectivity index (χ3n) is 5.25. The van der Waals surface area contributed by atoms with Crippen LogP contribution in [0.1, 0.15) is 35.6 Å². The summed E-state index contributed by atoms with van der Waals surface area (Å²) < 4.78 is 2.12. The van der Waals surface area contributed by atoms with Crippen LogP contribution in [0.5, 0.6) is 0 Å². The van der Waals surface area contributed by atoms with Gasteiger partial charge in [-0.3, -0.25) is 4.79 Å². The van der Waals surface area contributed by atoms with Gasteiger partial charge in [0.1, 0.15) is 5.82 Å². The summed E-state index contributed by atoms with van der Waals surface area (Å²) in [5.41, 5.74) is 9.07. The molecule has 0 fully saturated rings. The van der Waals surface area contributed by atoms with Crippen LogP contribution in [0.3, 0.4) is 0 Å². The van der Waals surface area contributed by atoms with E-state index in [1.165, 1.54) is 5.56 Å². The van der Waals surface area contributed by atoms with Crippen LogP contribution in [0.15, 0.2) is 77.9 Å². The highest BCUT2D eigenvalue weighted by molar-refractivity contribution is 6.02. The molecule has 0 atom stereocenters. The fourth-order valence-corrected chi connectivity index (χ4v) is 3.59. The fraction of sp³-hybridized carbons (Fsp3) is 0.160. The SMILES string of the molecule is CCn1c(C)nc2cc(C(=O)NN=C(C)c3ccc(-c4ccccc4)cc3)ccc21. The Hall–Kier alpha value is -3.73. The summed E-state index contributed by atoms with van der Waals surface area (Å²) in [4.78, 5) is 17.1. The molecule has 5 heteroatoms. The number of hydrazone groups is 1. The first-order valence-electron chi connectivity index (χ1n) is 10.0. The number of fused-ring (bicyclic) bond motifs is 1. The molecule has 3 aromatic carbocycles. The van der Waals surface area contributed by atoms with Crippen molar-refractivity contribution in [2.75, 3.05) is 0 Å². The van der Waals surface area contributed by atoms with Crippen molar-refractivity contribution in [3.8, 4) is 11.1 Å². The molecule has 0 spiro atoms. The van der Waals surface area contributed by atoms with Gasteiger partial charge in [-0.2, -0.15) is 5.10 Å². The molecule has 0 aliphatic rings. The van der Waals surface area contributed by atoms with E-state index in [4.69, 9.17) is 0 Å². The Morgan fingerprint density at radius 2 is 1.63 bits per heavy atom. The molecule has 150 valence electrons. The molecule has 0 aliphatic carbocycles. The van der Waals surface area contributed by atoms with Crippen molar-refractivity contribution >= 4 is 22.7 Å². The van der Waals surface area contributed by atoms with Gasteiger partial charge in [-0.25, -0.2) is 10.4 Å². The Balaban J connectivity index is 1.49. The van der Waals surface area contributed by atoms with Gasteiger partial charge in [0, 0.05) is 12.1 Å². The summed E-state index contributed by atoms with van der Waals surface area (Å²) >= 11 is 0. The highest BCUT2D eigenvalue weighted by Crippen LogP contribution is 2.20. The minimum absolute atomic E-state index is 0.249. The largest absolute Gasteiger partial charge is 0.329 e. The molecule has 4 aromatic rings. The zero-order chi connectivity index (χ0) is 21.1. The third kappa shape index (κ3) is 3.87. The zero-order valence-corrected chi connectivity index (χ0v) is 17.4. The van der Waals surface area contributed by atoms with Gasteiger partial charge in [-0.05, 0) is 55.7 Å². The molecule has 1 heterocycles. The number of carbonyl (C=O) groups excluding carboxylic acids is 1. The lowest BCUT2D eigenvalue weighted by molar-refractivity contribution is 0.0955. The quantitative estimate of drug-likeness (QED) is 0.373. The molecule has 1 amide bonds. The van der Waals surface area contributed by atoms with Crippen LogP contribution in [0, 0.1) is 6.92 Å². The molecule has 0 saturated heterocycles. The first-order chi connectivity index (χ1) is 14.6. The summed E-state index contributed by atoms with van der Waals surface area (Å²) in [7, 11) is 0. The fourth-order valence-electron chi connectivity index (χ4n) is 3.59. The summed E-state index contributed by atoms with van der Waals surface area (Å²) in [6.07, 6.45) is 0. The number of hydrogen-bond donors (Lipinski definition) is 1. The predicted molar refractivity (Wildman–Crippen MR) is 122 cm³/mol. The second kappa shape index (κ2) is 8.33. The second-order valence-electron chi connectivity index (χ2n) is 7.19. The van der Waals surface area contributed by atoms with Crippen molar-refractivity contribution < 1.29 is 4.79 Å². The number of aryl methyl sites for hydroxylation is 2. The molecule has 30 heavy (non-hydrogen) atoms. The van der Waals surface area contributed by atoms with E-state index < -0.39 is 0 Å². The number of hydrogen-bond acceptors (Lipinski definition) is 3. The normalized spacial score (nSPS) is 11.6. The van der Waals surface area contributed by atoms with Crippen molar-refractivity contribution in [2.24, 2.45) is 5.10 Å². The van der Waals surface area contributed by atoms with Crippen LogP contribution in [0.2, 0.25) is 0 Å². The zero-order valence-electron chi connectivity index (χ0n) is 17.4. The second-order valence-corrected chi connectivity index (χ2v) is 7.19. The lowest BCUT2D eigenvalue weighted by atomic mass is 10.0. The topological polar surface area (TPSA) is 59.3 Å². The molecule has 0 saturated carbocycles. The van der Waals surface area contributed by atoms with Crippen LogP contribution in [-0.4, -0.2) is 21.2 Å². The Morgan fingerprint density at radius 1 is 0.967 bits per heavy atom. The van der Waals surface area contributed by atoms with Crippen LogP contribution >= 0.6 is 0 Å². The average Bonchev–Trinajstić information content (AvgIpc) is 3.11. The summed E-state index contributed by atoms with van der Waals surface area (Å²) in [6, 6.07) is 23.9. The standard InChI is InChI=1S/C25H24N4O/c1-4-29-18(3)26-23-16-22(14-15-24(23)29)25(30)28-27-17(2)19-10-12-21(13-11-19)20-8-6-5-7-9-20/h5-16H,4H2,1-3H3,(H,28,30). The number of nitrogens with one attached hydrogen (secondary N) is 1. The third-order valence-corrected chi connectivity index (χ3v) is 5.25. The van der Waals surface area contributed by atoms with Gasteiger partial charge in [-0.1, -0.05) is 54.6 Å². The molecular weight excluding hydrogens is 372 g/mol.